The molecular weight excluding hydrogens is 234 g/mol. The van der Waals surface area contributed by atoms with E-state index in [1.54, 1.807) is 6.20 Å². The first-order valence-electron chi connectivity index (χ1n) is 6.07. The minimum atomic E-state index is 0.136. The minimum Gasteiger partial charge on any atom is -0.317 e. The molecule has 1 aromatic rings. The topological polar surface area (TPSA) is 45.2 Å². The molecule has 1 aromatic heterocycles. The highest BCUT2D eigenvalue weighted by Crippen LogP contribution is 2.13. The molecule has 1 fully saturated rings. The number of hydrogen-bond acceptors (Lipinski definition) is 5. The number of piperidine rings is 1. The maximum atomic E-state index is 11.9. The van der Waals surface area contributed by atoms with E-state index in [9.17, 15) is 4.79 Å². The zero-order valence-electron chi connectivity index (χ0n) is 10.2. The Kier molecular flexibility index (Phi) is 4.65. The molecule has 0 aromatic carbocycles. The Hall–Kier alpha value is -0.780. The lowest BCUT2D eigenvalue weighted by atomic mass is 9.98. The summed E-state index contributed by atoms with van der Waals surface area (Å²) in [5.41, 5.74) is 0. The second-order valence-corrected chi connectivity index (χ2v) is 5.55. The number of carbonyl (C=O) groups is 1. The third-order valence-corrected chi connectivity index (χ3v) is 3.93. The number of hydrogen-bond donors (Lipinski definition) is 1. The van der Waals surface area contributed by atoms with Crippen molar-refractivity contribution in [3.05, 3.63) is 16.6 Å². The zero-order valence-corrected chi connectivity index (χ0v) is 11.0. The molecule has 4 nitrogen and oxygen atoms in total. The maximum absolute atomic E-state index is 11.9. The Bertz CT molecular complexity index is 347. The lowest BCUT2D eigenvalue weighted by Crippen LogP contribution is -2.36. The standard InChI is InChI=1S/C12H19N3OS/c1-15(8-10-2-4-13-5-3-10)9-11(16)12-14-6-7-17-12/h6-7,10,13H,2-5,8-9H2,1H3. The Morgan fingerprint density at radius 2 is 2.35 bits per heavy atom. The van der Waals surface area contributed by atoms with E-state index in [0.29, 0.717) is 11.6 Å². The fourth-order valence-corrected chi connectivity index (χ4v) is 2.81. The summed E-state index contributed by atoms with van der Waals surface area (Å²) in [5, 5.41) is 5.83. The van der Waals surface area contributed by atoms with Crippen molar-refractivity contribution in [1.82, 2.24) is 15.2 Å². The summed E-state index contributed by atoms with van der Waals surface area (Å²) in [7, 11) is 2.02. The number of carbonyl (C=O) groups excluding carboxylic acids is 1. The molecule has 17 heavy (non-hydrogen) atoms. The van der Waals surface area contributed by atoms with Gasteiger partial charge in [-0.15, -0.1) is 11.3 Å². The highest BCUT2D eigenvalue weighted by atomic mass is 32.1. The minimum absolute atomic E-state index is 0.136. The summed E-state index contributed by atoms with van der Waals surface area (Å²) in [4.78, 5) is 18.0. The van der Waals surface area contributed by atoms with Gasteiger partial charge in [-0.3, -0.25) is 9.69 Å². The van der Waals surface area contributed by atoms with Crippen LogP contribution in [0, 0.1) is 5.92 Å². The van der Waals surface area contributed by atoms with E-state index in [1.165, 1.54) is 24.2 Å². The normalized spacial score (nSPS) is 17.5. The third-order valence-electron chi connectivity index (χ3n) is 3.11. The molecule has 5 heteroatoms. The van der Waals surface area contributed by atoms with Crippen molar-refractivity contribution in [2.24, 2.45) is 5.92 Å². The number of nitrogens with one attached hydrogen (secondary N) is 1. The quantitative estimate of drug-likeness (QED) is 0.802. The predicted molar refractivity (Wildman–Crippen MR) is 69.5 cm³/mol. The second-order valence-electron chi connectivity index (χ2n) is 4.65. The van der Waals surface area contributed by atoms with Gasteiger partial charge in [0.15, 0.2) is 5.01 Å². The van der Waals surface area contributed by atoms with Crippen LogP contribution in [0.25, 0.3) is 0 Å². The molecule has 2 rings (SSSR count). The van der Waals surface area contributed by atoms with Crippen molar-refractivity contribution in [1.29, 1.82) is 0 Å². The fraction of sp³-hybridized carbons (Fsp3) is 0.667. The molecule has 1 aliphatic heterocycles. The van der Waals surface area contributed by atoms with E-state index in [-0.39, 0.29) is 5.78 Å². The first kappa shape index (κ1) is 12.7. The number of ketones is 1. The molecule has 0 bridgehead atoms. The van der Waals surface area contributed by atoms with Crippen molar-refractivity contribution >= 4 is 17.1 Å². The molecule has 1 aliphatic rings. The summed E-state index contributed by atoms with van der Waals surface area (Å²) >= 11 is 1.42. The van der Waals surface area contributed by atoms with Gasteiger partial charge in [0, 0.05) is 18.1 Å². The van der Waals surface area contributed by atoms with Crippen molar-refractivity contribution in [2.45, 2.75) is 12.8 Å². The van der Waals surface area contributed by atoms with E-state index in [4.69, 9.17) is 0 Å². The predicted octanol–water partition coefficient (Wildman–Crippen LogP) is 1.26. The SMILES string of the molecule is CN(CC(=O)c1nccs1)CC1CCNCC1. The molecule has 94 valence electrons. The van der Waals surface area contributed by atoms with Crippen LogP contribution in [0.3, 0.4) is 0 Å². The molecule has 0 atom stereocenters. The number of nitrogens with zero attached hydrogens (tertiary/aromatic N) is 2. The average Bonchev–Trinajstić information content (AvgIpc) is 2.83. The molecule has 1 N–H and O–H groups in total. The van der Waals surface area contributed by atoms with Gasteiger partial charge < -0.3 is 5.32 Å². The van der Waals surface area contributed by atoms with E-state index >= 15 is 0 Å². The van der Waals surface area contributed by atoms with Crippen LogP contribution >= 0.6 is 11.3 Å². The zero-order chi connectivity index (χ0) is 12.1. The number of rotatable bonds is 5. The molecule has 0 radical (unpaired) electrons. The van der Waals surface area contributed by atoms with E-state index in [2.05, 4.69) is 15.2 Å². The number of likely N-dealkylation sites (N-methyl/N-ethyl adjacent to an activating group) is 1. The molecule has 0 unspecified atom stereocenters. The van der Waals surface area contributed by atoms with Crippen molar-refractivity contribution in [3.8, 4) is 0 Å². The van der Waals surface area contributed by atoms with Crippen LogP contribution in [0.4, 0.5) is 0 Å². The first-order chi connectivity index (χ1) is 8.25. The summed E-state index contributed by atoms with van der Waals surface area (Å²) < 4.78 is 0. The number of thiazole rings is 1. The monoisotopic (exact) mass is 253 g/mol. The molecule has 0 spiro atoms. The molecule has 0 amide bonds. The number of aromatic nitrogens is 1. The van der Waals surface area contributed by atoms with Crippen molar-refractivity contribution in [2.75, 3.05) is 33.2 Å². The Morgan fingerprint density at radius 3 is 3.00 bits per heavy atom. The van der Waals surface area contributed by atoms with Gasteiger partial charge in [-0.25, -0.2) is 4.98 Å². The van der Waals surface area contributed by atoms with Crippen LogP contribution in [-0.4, -0.2) is 48.9 Å². The van der Waals surface area contributed by atoms with Crippen LogP contribution in [0.15, 0.2) is 11.6 Å². The molecule has 1 saturated heterocycles. The molecule has 0 saturated carbocycles. The highest BCUT2D eigenvalue weighted by molar-refractivity contribution is 7.11. The van der Waals surface area contributed by atoms with Gasteiger partial charge >= 0.3 is 0 Å². The molecule has 0 aliphatic carbocycles. The van der Waals surface area contributed by atoms with Gasteiger partial charge in [-0.05, 0) is 38.9 Å². The molecular formula is C12H19N3OS. The van der Waals surface area contributed by atoms with Gasteiger partial charge in [0.25, 0.3) is 0 Å². The highest BCUT2D eigenvalue weighted by Gasteiger charge is 2.17. The lowest BCUT2D eigenvalue weighted by Gasteiger charge is -2.26. The lowest BCUT2D eigenvalue weighted by molar-refractivity contribution is 0.0933. The fourth-order valence-electron chi connectivity index (χ4n) is 2.24. The first-order valence-corrected chi connectivity index (χ1v) is 6.95. The summed E-state index contributed by atoms with van der Waals surface area (Å²) in [6, 6.07) is 0. The van der Waals surface area contributed by atoms with Crippen molar-refractivity contribution < 1.29 is 4.79 Å². The average molecular weight is 253 g/mol. The number of Topliss-reactive ketones (excluding diaryl/α,β-unsaturated/α-hetero) is 1. The van der Waals surface area contributed by atoms with E-state index in [1.807, 2.05) is 12.4 Å². The Morgan fingerprint density at radius 1 is 1.59 bits per heavy atom. The van der Waals surface area contributed by atoms with Crippen LogP contribution < -0.4 is 5.32 Å². The maximum Gasteiger partial charge on any atom is 0.205 e. The summed E-state index contributed by atoms with van der Waals surface area (Å²) in [6.07, 6.45) is 4.12. The van der Waals surface area contributed by atoms with E-state index < -0.39 is 0 Å². The van der Waals surface area contributed by atoms with Gasteiger partial charge in [-0.1, -0.05) is 0 Å². The van der Waals surface area contributed by atoms with Crippen LogP contribution in [0.1, 0.15) is 22.6 Å². The van der Waals surface area contributed by atoms with Gasteiger partial charge in [0.05, 0.1) is 6.54 Å². The second kappa shape index (κ2) is 6.23. The Labute approximate surface area is 106 Å². The summed E-state index contributed by atoms with van der Waals surface area (Å²) in [6.45, 7) is 3.72. The van der Waals surface area contributed by atoms with Crippen LogP contribution in [0.2, 0.25) is 0 Å². The molecule has 2 heterocycles. The third kappa shape index (κ3) is 3.87. The van der Waals surface area contributed by atoms with Gasteiger partial charge in [-0.2, -0.15) is 0 Å². The Balaban J connectivity index is 1.76. The van der Waals surface area contributed by atoms with Gasteiger partial charge in [0.1, 0.15) is 0 Å². The van der Waals surface area contributed by atoms with Gasteiger partial charge in [0.2, 0.25) is 5.78 Å². The van der Waals surface area contributed by atoms with Crippen LogP contribution in [-0.2, 0) is 0 Å². The largest absolute Gasteiger partial charge is 0.317 e. The van der Waals surface area contributed by atoms with Crippen molar-refractivity contribution in [3.63, 3.8) is 0 Å². The summed E-state index contributed by atoms with van der Waals surface area (Å²) in [5.74, 6) is 0.863. The smallest absolute Gasteiger partial charge is 0.205 e. The van der Waals surface area contributed by atoms with Crippen LogP contribution in [0.5, 0.6) is 0 Å². The van der Waals surface area contributed by atoms with E-state index in [0.717, 1.165) is 25.6 Å².